The zero-order valence-electron chi connectivity index (χ0n) is 11.4. The van der Waals surface area contributed by atoms with Crippen LogP contribution >= 0.6 is 0 Å². The van der Waals surface area contributed by atoms with Gasteiger partial charge in [0, 0.05) is 6.04 Å². The number of aromatic nitrogens is 2. The molecule has 5 nitrogen and oxygen atoms in total. The first kappa shape index (κ1) is 12.9. The number of nitrogens with one attached hydrogen (secondary N) is 2. The summed E-state index contributed by atoms with van der Waals surface area (Å²) < 4.78 is 5.52. The van der Waals surface area contributed by atoms with Gasteiger partial charge < -0.3 is 15.4 Å². The Morgan fingerprint density at radius 1 is 1.44 bits per heavy atom. The van der Waals surface area contributed by atoms with Crippen molar-refractivity contribution in [1.82, 2.24) is 9.97 Å². The quantitative estimate of drug-likeness (QED) is 0.813. The molecule has 0 aliphatic carbocycles. The minimum absolute atomic E-state index is 0.424. The van der Waals surface area contributed by atoms with Crippen LogP contribution < -0.4 is 15.4 Å². The third-order valence-corrected chi connectivity index (χ3v) is 3.26. The molecule has 18 heavy (non-hydrogen) atoms. The summed E-state index contributed by atoms with van der Waals surface area (Å²) in [5.41, 5.74) is 0. The average Bonchev–Trinajstić information content (AvgIpc) is 2.83. The number of hydrogen-bond donors (Lipinski definition) is 2. The minimum atomic E-state index is 0.424. The third kappa shape index (κ3) is 2.83. The minimum Gasteiger partial charge on any atom is -0.465 e. The number of ether oxygens (including phenoxy) is 1. The summed E-state index contributed by atoms with van der Waals surface area (Å²) in [5.74, 6) is 2.90. The molecule has 0 bridgehead atoms. The van der Waals surface area contributed by atoms with E-state index in [4.69, 9.17) is 4.74 Å². The second-order valence-corrected chi connectivity index (χ2v) is 5.00. The van der Waals surface area contributed by atoms with Crippen LogP contribution in [0.15, 0.2) is 6.33 Å². The number of hydrogen-bond acceptors (Lipinski definition) is 5. The zero-order chi connectivity index (χ0) is 13.0. The fourth-order valence-corrected chi connectivity index (χ4v) is 2.09. The summed E-state index contributed by atoms with van der Waals surface area (Å²) in [4.78, 5) is 8.44. The van der Waals surface area contributed by atoms with E-state index in [2.05, 4.69) is 41.4 Å². The highest BCUT2D eigenvalue weighted by molar-refractivity contribution is 5.65. The Bertz CT molecular complexity index is 395. The van der Waals surface area contributed by atoms with Gasteiger partial charge in [0.25, 0.3) is 0 Å². The molecule has 100 valence electrons. The van der Waals surface area contributed by atoms with Crippen LogP contribution in [0.25, 0.3) is 0 Å². The first-order chi connectivity index (χ1) is 8.72. The molecule has 1 aromatic heterocycles. The number of fused-ring (bicyclic) bond motifs is 1. The van der Waals surface area contributed by atoms with E-state index in [0.717, 1.165) is 23.8 Å². The lowest BCUT2D eigenvalue weighted by molar-refractivity contribution is 0.371. The van der Waals surface area contributed by atoms with E-state index < -0.39 is 0 Å². The second kappa shape index (κ2) is 5.89. The highest BCUT2D eigenvalue weighted by Crippen LogP contribution is 2.34. The Labute approximate surface area is 108 Å². The van der Waals surface area contributed by atoms with Crippen molar-refractivity contribution >= 4 is 11.6 Å². The van der Waals surface area contributed by atoms with Crippen molar-refractivity contribution in [2.24, 2.45) is 5.92 Å². The van der Waals surface area contributed by atoms with Crippen molar-refractivity contribution in [2.75, 3.05) is 17.4 Å². The molecule has 1 aliphatic heterocycles. The molecule has 5 heteroatoms. The van der Waals surface area contributed by atoms with Gasteiger partial charge in [-0.2, -0.15) is 0 Å². The standard InChI is InChI=1S/C13H22N4O/c1-4-5-6-10(9(2)3)17-13-11-12(14-7-15-13)16-8-18-11/h7,9-10H,4-6,8H2,1-3H3,(H2,14,15,16,17). The Hall–Kier alpha value is -1.52. The normalized spacial score (nSPS) is 14.9. The summed E-state index contributed by atoms with van der Waals surface area (Å²) in [7, 11) is 0. The van der Waals surface area contributed by atoms with Crippen LogP contribution in [0, 0.1) is 5.92 Å². The molecule has 1 aromatic rings. The SMILES string of the molecule is CCCCC(Nc1ncnc2c1OCN2)C(C)C. The molecule has 1 atom stereocenters. The van der Waals surface area contributed by atoms with Gasteiger partial charge in [0.1, 0.15) is 6.33 Å². The summed E-state index contributed by atoms with van der Waals surface area (Å²) >= 11 is 0. The fourth-order valence-electron chi connectivity index (χ4n) is 2.09. The van der Waals surface area contributed by atoms with Crippen molar-refractivity contribution in [2.45, 2.75) is 46.1 Å². The summed E-state index contributed by atoms with van der Waals surface area (Å²) in [6, 6.07) is 0.424. The lowest BCUT2D eigenvalue weighted by atomic mass is 9.98. The largest absolute Gasteiger partial charge is 0.465 e. The molecule has 0 spiro atoms. The summed E-state index contributed by atoms with van der Waals surface area (Å²) in [5, 5.41) is 6.57. The highest BCUT2D eigenvalue weighted by atomic mass is 16.5. The van der Waals surface area contributed by atoms with Crippen LogP contribution in [-0.4, -0.2) is 22.7 Å². The van der Waals surface area contributed by atoms with E-state index in [0.29, 0.717) is 18.7 Å². The lowest BCUT2D eigenvalue weighted by Gasteiger charge is -2.23. The zero-order valence-corrected chi connectivity index (χ0v) is 11.4. The highest BCUT2D eigenvalue weighted by Gasteiger charge is 2.21. The smallest absolute Gasteiger partial charge is 0.206 e. The molecule has 0 saturated carbocycles. The predicted molar refractivity (Wildman–Crippen MR) is 72.9 cm³/mol. The van der Waals surface area contributed by atoms with Gasteiger partial charge in [-0.1, -0.05) is 33.6 Å². The second-order valence-electron chi connectivity index (χ2n) is 5.00. The summed E-state index contributed by atoms with van der Waals surface area (Å²) in [6.45, 7) is 7.15. The van der Waals surface area contributed by atoms with Crippen molar-refractivity contribution in [3.8, 4) is 5.75 Å². The molecule has 1 aliphatic rings. The molecule has 0 saturated heterocycles. The van der Waals surface area contributed by atoms with Crippen LogP contribution in [0.3, 0.4) is 0 Å². The van der Waals surface area contributed by atoms with E-state index in [9.17, 15) is 0 Å². The molecule has 0 fully saturated rings. The van der Waals surface area contributed by atoms with Crippen molar-refractivity contribution in [1.29, 1.82) is 0 Å². The van der Waals surface area contributed by atoms with Crippen LogP contribution in [0.4, 0.5) is 11.6 Å². The van der Waals surface area contributed by atoms with Gasteiger partial charge in [-0.15, -0.1) is 0 Å². The molecule has 1 unspecified atom stereocenters. The molecule has 2 N–H and O–H groups in total. The molecular formula is C13H22N4O. The molecule has 0 aromatic carbocycles. The van der Waals surface area contributed by atoms with Gasteiger partial charge in [0.2, 0.25) is 5.75 Å². The average molecular weight is 250 g/mol. The molecule has 2 heterocycles. The van der Waals surface area contributed by atoms with Crippen LogP contribution in [-0.2, 0) is 0 Å². The maximum atomic E-state index is 5.52. The Kier molecular flexibility index (Phi) is 4.23. The lowest BCUT2D eigenvalue weighted by Crippen LogP contribution is -2.26. The summed E-state index contributed by atoms with van der Waals surface area (Å²) in [6.07, 6.45) is 5.16. The maximum Gasteiger partial charge on any atom is 0.206 e. The van der Waals surface area contributed by atoms with Gasteiger partial charge in [-0.3, -0.25) is 0 Å². The molecule has 0 radical (unpaired) electrons. The number of unbranched alkanes of at least 4 members (excludes halogenated alkanes) is 1. The van der Waals surface area contributed by atoms with Crippen LogP contribution in [0.1, 0.15) is 40.0 Å². The first-order valence-corrected chi connectivity index (χ1v) is 6.70. The van der Waals surface area contributed by atoms with E-state index in [-0.39, 0.29) is 0 Å². The monoisotopic (exact) mass is 250 g/mol. The number of nitrogens with zero attached hydrogens (tertiary/aromatic N) is 2. The Morgan fingerprint density at radius 3 is 3.00 bits per heavy atom. The van der Waals surface area contributed by atoms with Crippen LogP contribution in [0.2, 0.25) is 0 Å². The van der Waals surface area contributed by atoms with Gasteiger partial charge in [0.15, 0.2) is 18.4 Å². The van der Waals surface area contributed by atoms with Crippen molar-refractivity contribution in [3.63, 3.8) is 0 Å². The van der Waals surface area contributed by atoms with Gasteiger partial charge in [-0.25, -0.2) is 9.97 Å². The van der Waals surface area contributed by atoms with E-state index >= 15 is 0 Å². The molecular weight excluding hydrogens is 228 g/mol. The fraction of sp³-hybridized carbons (Fsp3) is 0.692. The number of rotatable bonds is 6. The molecule has 2 rings (SSSR count). The number of anilines is 2. The van der Waals surface area contributed by atoms with Gasteiger partial charge in [0.05, 0.1) is 0 Å². The predicted octanol–water partition coefficient (Wildman–Crippen LogP) is 2.87. The van der Waals surface area contributed by atoms with Gasteiger partial charge in [-0.05, 0) is 12.3 Å². The maximum absolute atomic E-state index is 5.52. The van der Waals surface area contributed by atoms with Crippen LogP contribution in [0.5, 0.6) is 5.75 Å². The molecule has 0 amide bonds. The van der Waals surface area contributed by atoms with Crippen molar-refractivity contribution in [3.05, 3.63) is 6.33 Å². The third-order valence-electron chi connectivity index (χ3n) is 3.26. The van der Waals surface area contributed by atoms with E-state index in [1.54, 1.807) is 6.33 Å². The topological polar surface area (TPSA) is 59.1 Å². The Balaban J connectivity index is 2.09. The first-order valence-electron chi connectivity index (χ1n) is 6.70. The van der Waals surface area contributed by atoms with E-state index in [1.807, 2.05) is 0 Å². The van der Waals surface area contributed by atoms with E-state index in [1.165, 1.54) is 12.8 Å². The van der Waals surface area contributed by atoms with Gasteiger partial charge >= 0.3 is 0 Å². The Morgan fingerprint density at radius 2 is 2.28 bits per heavy atom. The van der Waals surface area contributed by atoms with Crippen molar-refractivity contribution < 1.29 is 4.74 Å².